The molecule has 0 aliphatic heterocycles. The van der Waals surface area contributed by atoms with Gasteiger partial charge in [-0.1, -0.05) is 61.7 Å². The zero-order chi connectivity index (χ0) is 20.8. The minimum absolute atomic E-state index is 0.0340. The van der Waals surface area contributed by atoms with Gasteiger partial charge in [-0.15, -0.1) is 0 Å². The summed E-state index contributed by atoms with van der Waals surface area (Å²) in [5, 5.41) is 0.971. The number of hydrogen-bond donors (Lipinski definition) is 0. The molecular weight excluding hydrogens is 379 g/mol. The third-order valence-electron chi connectivity index (χ3n) is 3.91. The van der Waals surface area contributed by atoms with Gasteiger partial charge in [0.1, 0.15) is 19.0 Å². The van der Waals surface area contributed by atoms with Crippen molar-refractivity contribution in [1.82, 2.24) is 0 Å². The molecule has 0 unspecified atom stereocenters. The molecule has 0 atom stereocenters. The molecule has 0 heterocycles. The summed E-state index contributed by atoms with van der Waals surface area (Å²) in [6, 6.07) is 10.8. The van der Waals surface area contributed by atoms with Crippen LogP contribution in [0.3, 0.4) is 0 Å². The van der Waals surface area contributed by atoms with E-state index in [-0.39, 0.29) is 35.5 Å². The van der Waals surface area contributed by atoms with E-state index in [1.54, 1.807) is 30.3 Å². The Kier molecular flexibility index (Phi) is 6.09. The fourth-order valence-electron chi connectivity index (χ4n) is 2.80. The summed E-state index contributed by atoms with van der Waals surface area (Å²) in [6.45, 7) is 6.81. The Bertz CT molecular complexity index is 1110. The van der Waals surface area contributed by atoms with E-state index < -0.39 is 18.1 Å². The smallest absolute Gasteiger partial charge is 0.430 e. The van der Waals surface area contributed by atoms with E-state index in [9.17, 15) is 14.0 Å². The predicted octanol–water partition coefficient (Wildman–Crippen LogP) is 5.53. The highest BCUT2D eigenvalue weighted by Crippen LogP contribution is 2.44. The maximum atomic E-state index is 14.8. The minimum atomic E-state index is -1.02. The molecule has 0 aliphatic carbocycles. The molecule has 0 saturated carbocycles. The van der Waals surface area contributed by atoms with Crippen LogP contribution < -0.4 is 9.47 Å². The van der Waals surface area contributed by atoms with Crippen LogP contribution in [0.2, 0.25) is 0 Å². The third kappa shape index (κ3) is 4.19. The van der Waals surface area contributed by atoms with Crippen molar-refractivity contribution < 1.29 is 32.9 Å². The summed E-state index contributed by atoms with van der Waals surface area (Å²) >= 11 is 0. The van der Waals surface area contributed by atoms with Crippen molar-refractivity contribution in [3.8, 4) is 11.5 Å². The highest BCUT2D eigenvalue weighted by atomic mass is 19.1. The van der Waals surface area contributed by atoms with Crippen LogP contribution in [0.1, 0.15) is 0 Å². The van der Waals surface area contributed by atoms with E-state index in [0.29, 0.717) is 10.8 Å². The standard InChI is InChI=1S/C22H17FO6/c1-3-12-26-21(24)28-19-14-8-5-6-9-15(14)20(29-22(25)27-13-4-2)18-16(19)10-7-11-17(18)23/h3-11H,1-2,12-13H2. The normalized spacial score (nSPS) is 10.4. The number of carbonyl (C=O) groups is 2. The average Bonchev–Trinajstić information content (AvgIpc) is 2.73. The first-order valence-corrected chi connectivity index (χ1v) is 8.60. The average molecular weight is 396 g/mol. The van der Waals surface area contributed by atoms with Crippen LogP contribution in [-0.4, -0.2) is 25.5 Å². The van der Waals surface area contributed by atoms with Gasteiger partial charge < -0.3 is 18.9 Å². The first-order chi connectivity index (χ1) is 14.1. The van der Waals surface area contributed by atoms with Crippen LogP contribution in [0.25, 0.3) is 21.5 Å². The topological polar surface area (TPSA) is 71.1 Å². The number of rotatable bonds is 6. The van der Waals surface area contributed by atoms with Gasteiger partial charge in [-0.2, -0.15) is 0 Å². The molecule has 148 valence electrons. The molecule has 29 heavy (non-hydrogen) atoms. The van der Waals surface area contributed by atoms with Gasteiger partial charge in [0.15, 0.2) is 11.5 Å². The van der Waals surface area contributed by atoms with Gasteiger partial charge in [-0.3, -0.25) is 0 Å². The van der Waals surface area contributed by atoms with Crippen LogP contribution in [0.4, 0.5) is 14.0 Å². The number of hydrogen-bond acceptors (Lipinski definition) is 6. The number of benzene rings is 3. The quantitative estimate of drug-likeness (QED) is 0.236. The van der Waals surface area contributed by atoms with Gasteiger partial charge in [-0.25, -0.2) is 14.0 Å². The molecule has 0 aliphatic rings. The Morgan fingerprint density at radius 3 is 1.90 bits per heavy atom. The van der Waals surface area contributed by atoms with Crippen molar-refractivity contribution in [2.24, 2.45) is 0 Å². The van der Waals surface area contributed by atoms with E-state index in [2.05, 4.69) is 13.2 Å². The highest BCUT2D eigenvalue weighted by molar-refractivity contribution is 6.12. The fourth-order valence-corrected chi connectivity index (χ4v) is 2.80. The molecule has 6 nitrogen and oxygen atoms in total. The van der Waals surface area contributed by atoms with Crippen LogP contribution in [-0.2, 0) is 9.47 Å². The molecule has 0 bridgehead atoms. The number of carbonyl (C=O) groups excluding carboxylic acids is 2. The van der Waals surface area contributed by atoms with Crippen LogP contribution >= 0.6 is 0 Å². The fraction of sp³-hybridized carbons (Fsp3) is 0.0909. The Morgan fingerprint density at radius 2 is 1.31 bits per heavy atom. The molecule has 7 heteroatoms. The second-order valence-electron chi connectivity index (χ2n) is 5.77. The molecule has 0 fully saturated rings. The van der Waals surface area contributed by atoms with E-state index >= 15 is 0 Å². The molecule has 0 amide bonds. The van der Waals surface area contributed by atoms with Gasteiger partial charge in [0, 0.05) is 16.2 Å². The number of fused-ring (bicyclic) bond motifs is 2. The van der Waals surface area contributed by atoms with Crippen molar-refractivity contribution in [2.45, 2.75) is 0 Å². The van der Waals surface area contributed by atoms with Crippen molar-refractivity contribution in [3.05, 3.63) is 73.6 Å². The zero-order valence-corrected chi connectivity index (χ0v) is 15.4. The first kappa shape index (κ1) is 19.9. The molecule has 3 aromatic carbocycles. The summed E-state index contributed by atoms with van der Waals surface area (Å²) in [7, 11) is 0. The minimum Gasteiger partial charge on any atom is -0.430 e. The van der Waals surface area contributed by atoms with E-state index in [1.165, 1.54) is 24.3 Å². The summed E-state index contributed by atoms with van der Waals surface area (Å²) in [6.07, 6.45) is 0.783. The van der Waals surface area contributed by atoms with Gasteiger partial charge in [0.2, 0.25) is 0 Å². The molecule has 3 rings (SSSR count). The Labute approximate surface area is 165 Å². The van der Waals surface area contributed by atoms with E-state index in [1.807, 2.05) is 0 Å². The predicted molar refractivity (Wildman–Crippen MR) is 106 cm³/mol. The van der Waals surface area contributed by atoms with Crippen molar-refractivity contribution in [1.29, 1.82) is 0 Å². The summed E-state index contributed by atoms with van der Waals surface area (Å²) in [5.41, 5.74) is 0. The second-order valence-corrected chi connectivity index (χ2v) is 5.77. The number of halogens is 1. The summed E-state index contributed by atoms with van der Waals surface area (Å²) < 4.78 is 35.2. The number of ether oxygens (including phenoxy) is 4. The largest absolute Gasteiger partial charge is 0.514 e. The molecule has 0 spiro atoms. The van der Waals surface area contributed by atoms with Gasteiger partial charge >= 0.3 is 12.3 Å². The molecule has 3 aromatic rings. The molecule has 0 saturated heterocycles. The van der Waals surface area contributed by atoms with Crippen LogP contribution in [0.15, 0.2) is 67.8 Å². The zero-order valence-electron chi connectivity index (χ0n) is 15.4. The Balaban J connectivity index is 2.22. The molecule has 0 N–H and O–H groups in total. The molecule has 0 aromatic heterocycles. The lowest BCUT2D eigenvalue weighted by Gasteiger charge is -2.16. The monoisotopic (exact) mass is 396 g/mol. The highest BCUT2D eigenvalue weighted by Gasteiger charge is 2.23. The third-order valence-corrected chi connectivity index (χ3v) is 3.91. The van der Waals surface area contributed by atoms with Gasteiger partial charge in [0.25, 0.3) is 0 Å². The molecular formula is C22H17FO6. The van der Waals surface area contributed by atoms with E-state index in [4.69, 9.17) is 18.9 Å². The van der Waals surface area contributed by atoms with Gasteiger partial charge in [0.05, 0.1) is 5.39 Å². The summed E-state index contributed by atoms with van der Waals surface area (Å²) in [4.78, 5) is 24.0. The van der Waals surface area contributed by atoms with E-state index in [0.717, 1.165) is 0 Å². The Hall–Kier alpha value is -3.87. The van der Waals surface area contributed by atoms with Crippen molar-refractivity contribution in [2.75, 3.05) is 13.2 Å². The van der Waals surface area contributed by atoms with Crippen molar-refractivity contribution >= 4 is 33.9 Å². The molecule has 0 radical (unpaired) electrons. The first-order valence-electron chi connectivity index (χ1n) is 8.60. The lowest BCUT2D eigenvalue weighted by Crippen LogP contribution is -2.13. The lowest BCUT2D eigenvalue weighted by atomic mass is 10.00. The van der Waals surface area contributed by atoms with Crippen LogP contribution in [0, 0.1) is 5.82 Å². The maximum absolute atomic E-state index is 14.8. The van der Waals surface area contributed by atoms with Crippen LogP contribution in [0.5, 0.6) is 11.5 Å². The summed E-state index contributed by atoms with van der Waals surface area (Å²) in [5.74, 6) is -0.630. The van der Waals surface area contributed by atoms with Crippen molar-refractivity contribution in [3.63, 3.8) is 0 Å². The maximum Gasteiger partial charge on any atom is 0.514 e. The Morgan fingerprint density at radius 1 is 0.793 bits per heavy atom. The SMILES string of the molecule is C=CCOC(=O)Oc1c2ccccc2c(OC(=O)OCC=C)c2c(F)cccc12. The van der Waals surface area contributed by atoms with Gasteiger partial charge in [-0.05, 0) is 6.07 Å². The lowest BCUT2D eigenvalue weighted by molar-refractivity contribution is 0.109. The second kappa shape index (κ2) is 8.88.